The number of likely N-dealkylation sites (N-methyl/N-ethyl adjacent to an activating group) is 1. The zero-order valence-corrected chi connectivity index (χ0v) is 20.0. The smallest absolute Gasteiger partial charge is 0.308 e. The number of amides is 1. The number of alkyl halides is 3. The fraction of sp³-hybridized carbons (Fsp3) is 0.391. The quantitative estimate of drug-likeness (QED) is 0.542. The molecule has 0 saturated carbocycles. The molecule has 1 aliphatic rings. The molecule has 1 fully saturated rings. The topological polar surface area (TPSA) is 53.4 Å². The summed E-state index contributed by atoms with van der Waals surface area (Å²) in [5, 5.41) is 7.82. The van der Waals surface area contributed by atoms with E-state index in [1.807, 2.05) is 30.1 Å². The maximum Gasteiger partial charge on any atom is 0.416 e. The molecule has 10 heteroatoms. The third-order valence-corrected chi connectivity index (χ3v) is 6.40. The van der Waals surface area contributed by atoms with Gasteiger partial charge in [0.15, 0.2) is 5.82 Å². The van der Waals surface area contributed by atoms with Crippen molar-refractivity contribution in [2.45, 2.75) is 19.1 Å². The van der Waals surface area contributed by atoms with Gasteiger partial charge in [-0.3, -0.25) is 14.4 Å². The van der Waals surface area contributed by atoms with Crippen LogP contribution in [0, 0.1) is 0 Å². The molecule has 176 valence electrons. The molecule has 1 N–H and O–H groups in total. The molecule has 0 aliphatic carbocycles. The van der Waals surface area contributed by atoms with Gasteiger partial charge in [-0.25, -0.2) is 0 Å². The summed E-state index contributed by atoms with van der Waals surface area (Å²) in [4.78, 5) is 16.8. The molecule has 1 aliphatic heterocycles. The Balaban J connectivity index is 1.50. The van der Waals surface area contributed by atoms with Gasteiger partial charge >= 0.3 is 6.18 Å². The van der Waals surface area contributed by atoms with Gasteiger partial charge < -0.3 is 10.2 Å². The summed E-state index contributed by atoms with van der Waals surface area (Å²) >= 11 is 3.41. The molecular formula is C23H25BrF3N5O. The number of aryl methyl sites for hydroxylation is 1. The third-order valence-electron chi connectivity index (χ3n) is 5.91. The van der Waals surface area contributed by atoms with Crippen molar-refractivity contribution in [3.8, 4) is 0 Å². The van der Waals surface area contributed by atoms with E-state index in [1.54, 1.807) is 17.8 Å². The zero-order valence-electron chi connectivity index (χ0n) is 18.4. The summed E-state index contributed by atoms with van der Waals surface area (Å²) in [6.45, 7) is 3.36. The molecule has 3 aromatic rings. The van der Waals surface area contributed by atoms with Gasteiger partial charge in [-0.15, -0.1) is 0 Å². The van der Waals surface area contributed by atoms with Crippen LogP contribution in [0.2, 0.25) is 0 Å². The first-order valence-electron chi connectivity index (χ1n) is 10.6. The Hall–Kier alpha value is -2.43. The summed E-state index contributed by atoms with van der Waals surface area (Å²) in [5.74, 6) is -0.0365. The van der Waals surface area contributed by atoms with Crippen molar-refractivity contribution in [1.29, 1.82) is 0 Å². The monoisotopic (exact) mass is 523 g/mol. The molecule has 2 heterocycles. The molecule has 2 aromatic carbocycles. The SMILES string of the molecule is CN1CCN(Cc2ccc(CC(=O)Nc3nn(C)c4cc(Br)ccc34)cc2C(F)(F)F)CC1. The van der Waals surface area contributed by atoms with Crippen LogP contribution in [0.1, 0.15) is 16.7 Å². The molecule has 1 saturated heterocycles. The summed E-state index contributed by atoms with van der Waals surface area (Å²) in [6, 6.07) is 9.75. The van der Waals surface area contributed by atoms with Gasteiger partial charge in [0, 0.05) is 49.6 Å². The number of piperazine rings is 1. The van der Waals surface area contributed by atoms with Crippen LogP contribution in [0.15, 0.2) is 40.9 Å². The van der Waals surface area contributed by atoms with Gasteiger partial charge in [0.2, 0.25) is 5.91 Å². The van der Waals surface area contributed by atoms with Crippen LogP contribution in [-0.4, -0.2) is 58.7 Å². The predicted octanol–water partition coefficient (Wildman–Crippen LogP) is 4.28. The fourth-order valence-corrected chi connectivity index (χ4v) is 4.42. The van der Waals surface area contributed by atoms with E-state index in [9.17, 15) is 18.0 Å². The molecule has 1 amide bonds. The summed E-state index contributed by atoms with van der Waals surface area (Å²) in [7, 11) is 3.77. The number of aromatic nitrogens is 2. The molecule has 0 bridgehead atoms. The van der Waals surface area contributed by atoms with Crippen molar-refractivity contribution < 1.29 is 18.0 Å². The maximum atomic E-state index is 13.8. The number of hydrogen-bond acceptors (Lipinski definition) is 4. The first-order chi connectivity index (χ1) is 15.6. The van der Waals surface area contributed by atoms with E-state index in [1.165, 1.54) is 6.07 Å². The van der Waals surface area contributed by atoms with E-state index in [0.717, 1.165) is 47.6 Å². The van der Waals surface area contributed by atoms with Crippen molar-refractivity contribution >= 4 is 38.6 Å². The van der Waals surface area contributed by atoms with Gasteiger partial charge in [0.1, 0.15) is 0 Å². The van der Waals surface area contributed by atoms with Crippen molar-refractivity contribution in [1.82, 2.24) is 19.6 Å². The van der Waals surface area contributed by atoms with Gasteiger partial charge in [-0.2, -0.15) is 18.3 Å². The lowest BCUT2D eigenvalue weighted by Crippen LogP contribution is -2.44. The highest BCUT2D eigenvalue weighted by Gasteiger charge is 2.34. The van der Waals surface area contributed by atoms with Crippen LogP contribution in [0.25, 0.3) is 10.9 Å². The van der Waals surface area contributed by atoms with E-state index in [4.69, 9.17) is 0 Å². The Morgan fingerprint density at radius 3 is 2.52 bits per heavy atom. The average molecular weight is 524 g/mol. The minimum atomic E-state index is -4.49. The average Bonchev–Trinajstić information content (AvgIpc) is 3.04. The number of nitrogens with zero attached hydrogens (tertiary/aromatic N) is 4. The Kier molecular flexibility index (Phi) is 6.78. The molecule has 4 rings (SSSR count). The van der Waals surface area contributed by atoms with Crippen molar-refractivity contribution in [2.75, 3.05) is 38.5 Å². The first kappa shape index (κ1) is 23.7. The Bertz CT molecular complexity index is 1170. The lowest BCUT2D eigenvalue weighted by Gasteiger charge is -2.33. The predicted molar refractivity (Wildman–Crippen MR) is 125 cm³/mol. The van der Waals surface area contributed by atoms with Crippen LogP contribution in [0.3, 0.4) is 0 Å². The van der Waals surface area contributed by atoms with Gasteiger partial charge in [-0.1, -0.05) is 28.1 Å². The van der Waals surface area contributed by atoms with E-state index in [-0.39, 0.29) is 18.5 Å². The molecule has 0 spiro atoms. The lowest BCUT2D eigenvalue weighted by atomic mass is 10.0. The number of carbonyl (C=O) groups excluding carboxylic acids is 1. The van der Waals surface area contributed by atoms with Gasteiger partial charge in [-0.05, 0) is 42.4 Å². The number of carbonyl (C=O) groups is 1. The van der Waals surface area contributed by atoms with Crippen molar-refractivity contribution in [3.05, 3.63) is 57.6 Å². The number of hydrogen-bond donors (Lipinski definition) is 1. The lowest BCUT2D eigenvalue weighted by molar-refractivity contribution is -0.138. The highest BCUT2D eigenvalue weighted by atomic mass is 79.9. The summed E-state index contributed by atoms with van der Waals surface area (Å²) in [5.41, 5.74) is 0.689. The highest BCUT2D eigenvalue weighted by Crippen LogP contribution is 2.34. The van der Waals surface area contributed by atoms with Crippen LogP contribution in [0.5, 0.6) is 0 Å². The first-order valence-corrected chi connectivity index (χ1v) is 11.4. The second-order valence-electron chi connectivity index (χ2n) is 8.43. The van der Waals surface area contributed by atoms with E-state index in [2.05, 4.69) is 31.2 Å². The maximum absolute atomic E-state index is 13.8. The van der Waals surface area contributed by atoms with Gasteiger partial charge in [0.05, 0.1) is 17.5 Å². The number of benzene rings is 2. The largest absolute Gasteiger partial charge is 0.416 e. The Labute approximate surface area is 198 Å². The Morgan fingerprint density at radius 2 is 1.82 bits per heavy atom. The molecule has 33 heavy (non-hydrogen) atoms. The van der Waals surface area contributed by atoms with E-state index >= 15 is 0 Å². The normalized spacial score (nSPS) is 15.8. The molecule has 6 nitrogen and oxygen atoms in total. The minimum absolute atomic E-state index is 0.174. The zero-order chi connectivity index (χ0) is 23.8. The van der Waals surface area contributed by atoms with Crippen LogP contribution < -0.4 is 5.32 Å². The molecular weight excluding hydrogens is 499 g/mol. The molecule has 0 unspecified atom stereocenters. The van der Waals surface area contributed by atoms with Crippen LogP contribution in [-0.2, 0) is 31.0 Å². The van der Waals surface area contributed by atoms with Gasteiger partial charge in [0.25, 0.3) is 0 Å². The molecule has 0 radical (unpaired) electrons. The minimum Gasteiger partial charge on any atom is -0.308 e. The summed E-state index contributed by atoms with van der Waals surface area (Å²) < 4.78 is 43.9. The van der Waals surface area contributed by atoms with Crippen LogP contribution in [0.4, 0.5) is 19.0 Å². The van der Waals surface area contributed by atoms with E-state index in [0.29, 0.717) is 11.4 Å². The molecule has 1 aromatic heterocycles. The number of rotatable bonds is 5. The fourth-order valence-electron chi connectivity index (χ4n) is 4.07. The molecule has 0 atom stereocenters. The number of fused-ring (bicyclic) bond motifs is 1. The number of halogens is 4. The van der Waals surface area contributed by atoms with Crippen molar-refractivity contribution in [2.24, 2.45) is 7.05 Å². The van der Waals surface area contributed by atoms with E-state index < -0.39 is 17.6 Å². The second kappa shape index (κ2) is 9.44. The number of anilines is 1. The number of nitrogens with one attached hydrogen (secondary N) is 1. The summed E-state index contributed by atoms with van der Waals surface area (Å²) in [6.07, 6.45) is -4.66. The standard InChI is InChI=1S/C23H25BrF3N5O/c1-30-7-9-32(10-8-30)14-16-4-3-15(11-19(16)23(25,26)27)12-21(33)28-22-18-6-5-17(24)13-20(18)31(2)29-22/h3-6,11,13H,7-10,12,14H2,1-2H3,(H,28,29,33). The highest BCUT2D eigenvalue weighted by molar-refractivity contribution is 9.10. The van der Waals surface area contributed by atoms with Crippen molar-refractivity contribution in [3.63, 3.8) is 0 Å². The Morgan fingerprint density at radius 1 is 1.09 bits per heavy atom. The van der Waals surface area contributed by atoms with Crippen LogP contribution >= 0.6 is 15.9 Å². The third kappa shape index (κ3) is 5.56. The second-order valence-corrected chi connectivity index (χ2v) is 9.34.